The molecule has 1 aromatic heterocycles. The largest absolute Gasteiger partial charge is 0.326 e. The molecule has 7 heteroatoms. The normalized spacial score (nSPS) is 11.7. The van der Waals surface area contributed by atoms with Crippen molar-refractivity contribution in [2.45, 2.75) is 30.9 Å². The first-order chi connectivity index (χ1) is 11.3. The summed E-state index contributed by atoms with van der Waals surface area (Å²) in [5.74, 6) is -0.109. The molecule has 130 valence electrons. The Morgan fingerprint density at radius 2 is 1.88 bits per heavy atom. The fraction of sp³-hybridized carbons (Fsp3) is 0.353. The molecule has 2 aromatic rings. The molecule has 1 amide bonds. The van der Waals surface area contributed by atoms with E-state index in [-0.39, 0.29) is 12.3 Å². The van der Waals surface area contributed by atoms with E-state index in [0.29, 0.717) is 17.2 Å². The van der Waals surface area contributed by atoms with Gasteiger partial charge in [0.15, 0.2) is 0 Å². The molecular formula is C17H22N2O3S2. The van der Waals surface area contributed by atoms with E-state index < -0.39 is 10.0 Å². The second-order valence-corrected chi connectivity index (χ2v) is 9.01. The summed E-state index contributed by atoms with van der Waals surface area (Å²) in [6, 6.07) is 9.17. The lowest BCUT2D eigenvalue weighted by molar-refractivity contribution is -0.116. The highest BCUT2D eigenvalue weighted by atomic mass is 32.2. The molecule has 5 nitrogen and oxygen atoms in total. The van der Waals surface area contributed by atoms with E-state index in [4.69, 9.17) is 0 Å². The van der Waals surface area contributed by atoms with Crippen molar-refractivity contribution in [2.24, 2.45) is 0 Å². The SMILES string of the molecule is Cc1cc(C)cc(NC(=O)CCCN(C)S(=O)(=O)c2cccs2)c1. The van der Waals surface area contributed by atoms with Gasteiger partial charge in [0.25, 0.3) is 10.0 Å². The molecule has 1 N–H and O–H groups in total. The topological polar surface area (TPSA) is 66.5 Å². The van der Waals surface area contributed by atoms with E-state index in [1.54, 1.807) is 17.5 Å². The van der Waals surface area contributed by atoms with Crippen LogP contribution in [0.3, 0.4) is 0 Å². The molecule has 0 saturated carbocycles. The van der Waals surface area contributed by atoms with Crippen molar-refractivity contribution < 1.29 is 13.2 Å². The quantitative estimate of drug-likeness (QED) is 0.817. The van der Waals surface area contributed by atoms with Crippen LogP contribution in [0, 0.1) is 13.8 Å². The number of hydrogen-bond donors (Lipinski definition) is 1. The Morgan fingerprint density at radius 1 is 1.21 bits per heavy atom. The number of nitrogens with zero attached hydrogens (tertiary/aromatic N) is 1. The van der Waals surface area contributed by atoms with E-state index >= 15 is 0 Å². The number of sulfonamides is 1. The molecule has 0 atom stereocenters. The Balaban J connectivity index is 1.84. The highest BCUT2D eigenvalue weighted by Crippen LogP contribution is 2.20. The average Bonchev–Trinajstić information content (AvgIpc) is 3.00. The number of thiophene rings is 1. The summed E-state index contributed by atoms with van der Waals surface area (Å²) < 4.78 is 26.2. The number of rotatable bonds is 7. The van der Waals surface area contributed by atoms with Crippen LogP contribution in [0.2, 0.25) is 0 Å². The van der Waals surface area contributed by atoms with Crippen molar-refractivity contribution in [3.8, 4) is 0 Å². The minimum absolute atomic E-state index is 0.109. The fourth-order valence-corrected chi connectivity index (χ4v) is 4.83. The van der Waals surface area contributed by atoms with Gasteiger partial charge in [-0.15, -0.1) is 11.3 Å². The van der Waals surface area contributed by atoms with Crippen LogP contribution in [0.1, 0.15) is 24.0 Å². The van der Waals surface area contributed by atoms with Crippen LogP contribution in [0.5, 0.6) is 0 Å². The molecular weight excluding hydrogens is 344 g/mol. The van der Waals surface area contributed by atoms with Crippen molar-refractivity contribution in [2.75, 3.05) is 18.9 Å². The summed E-state index contributed by atoms with van der Waals surface area (Å²) in [4.78, 5) is 12.0. The molecule has 0 fully saturated rings. The second kappa shape index (κ2) is 7.92. The Labute approximate surface area is 147 Å². The van der Waals surface area contributed by atoms with Gasteiger partial charge in [-0.25, -0.2) is 12.7 Å². The van der Waals surface area contributed by atoms with Crippen LogP contribution in [-0.2, 0) is 14.8 Å². The van der Waals surface area contributed by atoms with Gasteiger partial charge in [-0.2, -0.15) is 0 Å². The maximum Gasteiger partial charge on any atom is 0.252 e. The molecule has 24 heavy (non-hydrogen) atoms. The monoisotopic (exact) mass is 366 g/mol. The predicted molar refractivity (Wildman–Crippen MR) is 97.9 cm³/mol. The number of hydrogen-bond acceptors (Lipinski definition) is 4. The van der Waals surface area contributed by atoms with E-state index in [1.165, 1.54) is 22.7 Å². The highest BCUT2D eigenvalue weighted by Gasteiger charge is 2.21. The summed E-state index contributed by atoms with van der Waals surface area (Å²) in [5.41, 5.74) is 2.95. The second-order valence-electron chi connectivity index (χ2n) is 5.79. The summed E-state index contributed by atoms with van der Waals surface area (Å²) in [7, 11) is -1.91. The number of carbonyl (C=O) groups is 1. The summed E-state index contributed by atoms with van der Waals surface area (Å²) in [6.45, 7) is 4.26. The number of anilines is 1. The van der Waals surface area contributed by atoms with Gasteiger partial charge in [0.1, 0.15) is 4.21 Å². The summed E-state index contributed by atoms with van der Waals surface area (Å²) in [5, 5.41) is 4.59. The molecule has 2 rings (SSSR count). The van der Waals surface area contributed by atoms with Crippen LogP contribution in [0.15, 0.2) is 39.9 Å². The van der Waals surface area contributed by atoms with Gasteiger partial charge in [-0.05, 0) is 55.0 Å². The number of aryl methyl sites for hydroxylation is 2. The molecule has 0 aliphatic rings. The minimum Gasteiger partial charge on any atom is -0.326 e. The van der Waals surface area contributed by atoms with Crippen molar-refractivity contribution in [3.63, 3.8) is 0 Å². The molecule has 0 unspecified atom stereocenters. The fourth-order valence-electron chi connectivity index (χ4n) is 2.42. The third kappa shape index (κ3) is 4.90. The van der Waals surface area contributed by atoms with Crippen LogP contribution in [-0.4, -0.2) is 32.2 Å². The van der Waals surface area contributed by atoms with E-state index in [1.807, 2.05) is 32.0 Å². The lowest BCUT2D eigenvalue weighted by atomic mass is 10.1. The van der Waals surface area contributed by atoms with Gasteiger partial charge in [-0.3, -0.25) is 4.79 Å². The molecule has 1 aromatic carbocycles. The van der Waals surface area contributed by atoms with Gasteiger partial charge in [0.05, 0.1) is 0 Å². The van der Waals surface area contributed by atoms with Crippen molar-refractivity contribution >= 4 is 33.0 Å². The van der Waals surface area contributed by atoms with Gasteiger partial charge in [-0.1, -0.05) is 12.1 Å². The van der Waals surface area contributed by atoms with E-state index in [2.05, 4.69) is 5.32 Å². The first-order valence-corrected chi connectivity index (χ1v) is 9.99. The molecule has 0 aliphatic carbocycles. The number of carbonyl (C=O) groups excluding carboxylic acids is 1. The summed E-state index contributed by atoms with van der Waals surface area (Å²) in [6.07, 6.45) is 0.745. The average molecular weight is 367 g/mol. The maximum absolute atomic E-state index is 12.3. The lowest BCUT2D eigenvalue weighted by Crippen LogP contribution is -2.28. The lowest BCUT2D eigenvalue weighted by Gasteiger charge is -2.15. The standard InChI is InChI=1S/C17H22N2O3S2/c1-13-10-14(2)12-15(11-13)18-16(20)6-4-8-19(3)24(21,22)17-7-5-9-23-17/h5,7,9-12H,4,6,8H2,1-3H3,(H,18,20). The van der Waals surface area contributed by atoms with Gasteiger partial charge in [0.2, 0.25) is 5.91 Å². The Bertz CT molecular complexity index is 779. The zero-order valence-corrected chi connectivity index (χ0v) is 15.7. The molecule has 1 heterocycles. The van der Waals surface area contributed by atoms with E-state index in [9.17, 15) is 13.2 Å². The van der Waals surface area contributed by atoms with Crippen molar-refractivity contribution in [1.82, 2.24) is 4.31 Å². The van der Waals surface area contributed by atoms with Crippen LogP contribution < -0.4 is 5.32 Å². The Kier molecular flexibility index (Phi) is 6.15. The van der Waals surface area contributed by atoms with Crippen molar-refractivity contribution in [3.05, 3.63) is 46.8 Å². The molecule has 0 aliphatic heterocycles. The zero-order chi connectivity index (χ0) is 17.7. The highest BCUT2D eigenvalue weighted by molar-refractivity contribution is 7.91. The van der Waals surface area contributed by atoms with Crippen molar-refractivity contribution in [1.29, 1.82) is 0 Å². The Morgan fingerprint density at radius 3 is 2.46 bits per heavy atom. The molecule has 0 spiro atoms. The minimum atomic E-state index is -3.44. The van der Waals surface area contributed by atoms with Gasteiger partial charge >= 0.3 is 0 Å². The number of nitrogens with one attached hydrogen (secondary N) is 1. The van der Waals surface area contributed by atoms with Crippen LogP contribution in [0.4, 0.5) is 5.69 Å². The van der Waals surface area contributed by atoms with Gasteiger partial charge < -0.3 is 5.32 Å². The number of benzene rings is 1. The molecule has 0 bridgehead atoms. The first kappa shape index (κ1) is 18.6. The van der Waals surface area contributed by atoms with Crippen LogP contribution in [0.25, 0.3) is 0 Å². The zero-order valence-electron chi connectivity index (χ0n) is 14.1. The summed E-state index contributed by atoms with van der Waals surface area (Å²) >= 11 is 1.19. The smallest absolute Gasteiger partial charge is 0.252 e. The van der Waals surface area contributed by atoms with Crippen LogP contribution >= 0.6 is 11.3 Å². The molecule has 0 saturated heterocycles. The third-order valence-electron chi connectivity index (χ3n) is 3.54. The Hall–Kier alpha value is -1.70. The first-order valence-electron chi connectivity index (χ1n) is 7.67. The number of amides is 1. The maximum atomic E-state index is 12.3. The predicted octanol–water partition coefficient (Wildman–Crippen LogP) is 3.40. The van der Waals surface area contributed by atoms with Gasteiger partial charge in [0, 0.05) is 25.7 Å². The van der Waals surface area contributed by atoms with E-state index in [0.717, 1.165) is 16.8 Å². The third-order valence-corrected chi connectivity index (χ3v) is 6.77. The molecule has 0 radical (unpaired) electrons.